The van der Waals surface area contributed by atoms with Crippen LogP contribution in [-0.4, -0.2) is 16.7 Å². The highest BCUT2D eigenvalue weighted by atomic mass is 35.5. The van der Waals surface area contributed by atoms with E-state index < -0.39 is 12.2 Å². The van der Waals surface area contributed by atoms with Gasteiger partial charge in [-0.05, 0) is 67.3 Å². The molecule has 6 heteroatoms. The maximum atomic E-state index is 12.8. The number of pyridine rings is 1. The summed E-state index contributed by atoms with van der Waals surface area (Å²) in [7, 11) is 0. The van der Waals surface area contributed by atoms with E-state index >= 15 is 0 Å². The third kappa shape index (κ3) is 5.06. The minimum absolute atomic E-state index is 0.0940. The number of aromatic nitrogens is 1. The van der Waals surface area contributed by atoms with Crippen molar-refractivity contribution in [3.05, 3.63) is 82.6 Å². The predicted molar refractivity (Wildman–Crippen MR) is 106 cm³/mol. The van der Waals surface area contributed by atoms with E-state index in [1.165, 1.54) is 6.07 Å². The van der Waals surface area contributed by atoms with Crippen LogP contribution in [-0.2, 0) is 12.0 Å². The monoisotopic (exact) mass is 403 g/mol. The lowest BCUT2D eigenvalue weighted by molar-refractivity contribution is -0.0494. The van der Waals surface area contributed by atoms with Crippen molar-refractivity contribution in [3.63, 3.8) is 0 Å². The van der Waals surface area contributed by atoms with Crippen LogP contribution in [0.5, 0.6) is 5.75 Å². The number of nitrogens with zero attached hydrogens (tertiary/aromatic N) is 1. The predicted octanol–water partition coefficient (Wildman–Crippen LogP) is 5.82. The molecular weight excluding hydrogens is 384 g/mol. The Bertz CT molecular complexity index is 953. The van der Waals surface area contributed by atoms with Gasteiger partial charge in [-0.2, -0.15) is 8.78 Å². The third-order valence-electron chi connectivity index (χ3n) is 4.26. The van der Waals surface area contributed by atoms with Crippen LogP contribution < -0.4 is 4.74 Å². The Labute approximate surface area is 167 Å². The quantitative estimate of drug-likeness (QED) is 0.563. The molecule has 28 heavy (non-hydrogen) atoms. The first-order valence-corrected chi connectivity index (χ1v) is 9.11. The van der Waals surface area contributed by atoms with Gasteiger partial charge in [0.25, 0.3) is 0 Å². The van der Waals surface area contributed by atoms with Gasteiger partial charge in [-0.25, -0.2) is 0 Å². The highest BCUT2D eigenvalue weighted by Gasteiger charge is 2.17. The van der Waals surface area contributed by atoms with Gasteiger partial charge >= 0.3 is 6.61 Å². The van der Waals surface area contributed by atoms with Crippen LogP contribution >= 0.6 is 11.6 Å². The summed E-state index contributed by atoms with van der Waals surface area (Å²) < 4.78 is 30.3. The Morgan fingerprint density at radius 2 is 1.82 bits per heavy atom. The number of ether oxygens (including phenoxy) is 1. The first kappa shape index (κ1) is 20.2. The summed E-state index contributed by atoms with van der Waals surface area (Å²) in [5, 5.41) is 10.5. The minimum atomic E-state index is -2.91. The Morgan fingerprint density at radius 1 is 1.07 bits per heavy atom. The molecule has 3 nitrogen and oxygen atoms in total. The molecule has 2 aromatic carbocycles. The highest BCUT2D eigenvalue weighted by Crippen LogP contribution is 2.34. The first-order valence-electron chi connectivity index (χ1n) is 8.74. The van der Waals surface area contributed by atoms with Gasteiger partial charge in [0.15, 0.2) is 0 Å². The van der Waals surface area contributed by atoms with E-state index in [1.807, 2.05) is 12.1 Å². The minimum Gasteiger partial charge on any atom is -0.434 e. The molecule has 0 radical (unpaired) electrons. The van der Waals surface area contributed by atoms with Crippen molar-refractivity contribution in [1.29, 1.82) is 0 Å². The molecule has 3 rings (SSSR count). The normalized spacial score (nSPS) is 11.7. The first-order chi connectivity index (χ1) is 13.2. The van der Waals surface area contributed by atoms with Crippen molar-refractivity contribution in [1.82, 2.24) is 4.98 Å². The van der Waals surface area contributed by atoms with E-state index in [9.17, 15) is 13.9 Å². The number of aliphatic hydroxyl groups is 1. The Hall–Kier alpha value is -2.50. The summed E-state index contributed by atoms with van der Waals surface area (Å²) in [5.74, 6) is 0.0940. The van der Waals surface area contributed by atoms with Gasteiger partial charge in [0.05, 0.1) is 5.69 Å². The van der Waals surface area contributed by atoms with Crippen LogP contribution in [0.25, 0.3) is 11.1 Å². The molecule has 0 saturated heterocycles. The molecule has 3 aromatic rings. The molecule has 0 fully saturated rings. The molecule has 146 valence electrons. The fourth-order valence-electron chi connectivity index (χ4n) is 2.89. The van der Waals surface area contributed by atoms with Crippen molar-refractivity contribution in [3.8, 4) is 16.9 Å². The second-order valence-corrected chi connectivity index (χ2v) is 7.44. The molecule has 0 amide bonds. The largest absolute Gasteiger partial charge is 0.434 e. The molecule has 1 aromatic heterocycles. The molecule has 0 bridgehead atoms. The van der Waals surface area contributed by atoms with Crippen LogP contribution in [0.1, 0.15) is 30.7 Å². The van der Waals surface area contributed by atoms with Gasteiger partial charge in [-0.3, -0.25) is 4.98 Å². The molecule has 0 aliphatic carbocycles. The van der Waals surface area contributed by atoms with Gasteiger partial charge in [-0.15, -0.1) is 0 Å². The number of hydrogen-bond donors (Lipinski definition) is 1. The van der Waals surface area contributed by atoms with Crippen LogP contribution in [0.4, 0.5) is 8.78 Å². The third-order valence-corrected chi connectivity index (χ3v) is 4.49. The Balaban J connectivity index is 1.93. The summed E-state index contributed by atoms with van der Waals surface area (Å²) in [4.78, 5) is 4.30. The number of halogens is 3. The van der Waals surface area contributed by atoms with E-state index in [0.29, 0.717) is 28.3 Å². The highest BCUT2D eigenvalue weighted by molar-refractivity contribution is 6.30. The summed E-state index contributed by atoms with van der Waals surface area (Å²) >= 11 is 6.06. The van der Waals surface area contributed by atoms with Crippen molar-refractivity contribution >= 4 is 11.6 Å². The second-order valence-electron chi connectivity index (χ2n) is 7.01. The van der Waals surface area contributed by atoms with E-state index in [2.05, 4.69) is 9.72 Å². The zero-order chi connectivity index (χ0) is 20.3. The lowest BCUT2D eigenvalue weighted by atomic mass is 9.98. The summed E-state index contributed by atoms with van der Waals surface area (Å²) in [6.07, 6.45) is 2.26. The molecular formula is C22H20ClF2NO2. The second kappa shape index (κ2) is 8.25. The van der Waals surface area contributed by atoms with Gasteiger partial charge in [0.2, 0.25) is 0 Å². The molecule has 1 heterocycles. The number of rotatable bonds is 6. The lowest BCUT2D eigenvalue weighted by Gasteiger charge is -2.16. The maximum absolute atomic E-state index is 12.8. The summed E-state index contributed by atoms with van der Waals surface area (Å²) in [6, 6.07) is 15.7. The van der Waals surface area contributed by atoms with Gasteiger partial charge in [0.1, 0.15) is 11.4 Å². The smallest absolute Gasteiger partial charge is 0.387 e. The van der Waals surface area contributed by atoms with Crippen molar-refractivity contribution in [2.75, 3.05) is 0 Å². The van der Waals surface area contributed by atoms with E-state index in [0.717, 1.165) is 11.1 Å². The van der Waals surface area contributed by atoms with Crippen molar-refractivity contribution in [2.45, 2.75) is 32.5 Å². The van der Waals surface area contributed by atoms with Crippen LogP contribution in [0.15, 0.2) is 60.8 Å². The summed E-state index contributed by atoms with van der Waals surface area (Å²) in [6.45, 7) is 0.435. The molecule has 0 atom stereocenters. The van der Waals surface area contributed by atoms with Crippen LogP contribution in [0, 0.1) is 0 Å². The lowest BCUT2D eigenvalue weighted by Crippen LogP contribution is -2.17. The zero-order valence-corrected chi connectivity index (χ0v) is 16.3. The summed E-state index contributed by atoms with van der Waals surface area (Å²) in [5.41, 5.74) is 2.66. The molecule has 0 unspecified atom stereocenters. The average molecular weight is 404 g/mol. The molecule has 1 N–H and O–H groups in total. The molecule has 0 spiro atoms. The van der Waals surface area contributed by atoms with Gasteiger partial charge in [-0.1, -0.05) is 35.9 Å². The molecule has 0 aliphatic rings. The topological polar surface area (TPSA) is 42.4 Å². The fourth-order valence-corrected chi connectivity index (χ4v) is 3.08. The number of benzene rings is 2. The molecule has 0 aliphatic heterocycles. The maximum Gasteiger partial charge on any atom is 0.387 e. The molecule has 0 saturated carbocycles. The SMILES string of the molecule is CC(C)(O)c1ccc(Cc2ccc(OC(F)F)c(-c3cccc(Cl)c3)c2)cn1. The van der Waals surface area contributed by atoms with E-state index in [1.54, 1.807) is 56.4 Å². The Morgan fingerprint density at radius 3 is 2.43 bits per heavy atom. The van der Waals surface area contributed by atoms with Gasteiger partial charge < -0.3 is 9.84 Å². The number of alkyl halides is 2. The Kier molecular flexibility index (Phi) is 5.96. The fraction of sp³-hybridized carbons (Fsp3) is 0.227. The van der Waals surface area contributed by atoms with Crippen molar-refractivity contribution < 1.29 is 18.6 Å². The standard InChI is InChI=1S/C22H20ClF2NO2/c1-22(2,27)20-9-7-15(13-26-20)10-14-6-8-19(28-21(24)25)18(11-14)16-4-3-5-17(23)12-16/h3-9,11-13,21,27H,10H2,1-2H3. The van der Waals surface area contributed by atoms with E-state index in [-0.39, 0.29) is 5.75 Å². The van der Waals surface area contributed by atoms with E-state index in [4.69, 9.17) is 11.6 Å². The average Bonchev–Trinajstić information content (AvgIpc) is 2.62. The van der Waals surface area contributed by atoms with Gasteiger partial charge in [0, 0.05) is 16.8 Å². The zero-order valence-electron chi connectivity index (χ0n) is 15.5. The number of hydrogen-bond acceptors (Lipinski definition) is 3. The van der Waals surface area contributed by atoms with Crippen molar-refractivity contribution in [2.24, 2.45) is 0 Å². The van der Waals surface area contributed by atoms with Crippen LogP contribution in [0.3, 0.4) is 0 Å². The van der Waals surface area contributed by atoms with Crippen LogP contribution in [0.2, 0.25) is 5.02 Å².